The number of aryl methyl sites for hydroxylation is 1. The second-order valence-corrected chi connectivity index (χ2v) is 5.55. The van der Waals surface area contributed by atoms with E-state index in [1.54, 1.807) is 19.1 Å². The molecule has 7 heteroatoms. The average molecular weight is 349 g/mol. The summed E-state index contributed by atoms with van der Waals surface area (Å²) < 4.78 is 52.1. The Labute approximate surface area is 139 Å². The molecule has 1 aromatic heterocycles. The Bertz CT molecular complexity index is 996. The second kappa shape index (κ2) is 5.84. The first-order valence-corrected chi connectivity index (χ1v) is 7.18. The van der Waals surface area contributed by atoms with Crippen LogP contribution in [0.3, 0.4) is 0 Å². The van der Waals surface area contributed by atoms with Gasteiger partial charge in [0.1, 0.15) is 5.82 Å². The molecule has 0 saturated heterocycles. The first-order chi connectivity index (χ1) is 11.7. The minimum absolute atomic E-state index is 0.0180. The maximum Gasteiger partial charge on any atom is 0.416 e. The van der Waals surface area contributed by atoms with Crippen LogP contribution in [0.1, 0.15) is 21.5 Å². The molecule has 0 amide bonds. The highest BCUT2D eigenvalue weighted by molar-refractivity contribution is 5.94. The van der Waals surface area contributed by atoms with Crippen molar-refractivity contribution in [1.29, 1.82) is 0 Å². The van der Waals surface area contributed by atoms with Gasteiger partial charge in [0.05, 0.1) is 22.3 Å². The fourth-order valence-corrected chi connectivity index (χ4v) is 2.57. The number of aromatic carboxylic acids is 1. The van der Waals surface area contributed by atoms with Gasteiger partial charge >= 0.3 is 12.1 Å². The van der Waals surface area contributed by atoms with Crippen LogP contribution in [-0.4, -0.2) is 16.1 Å². The van der Waals surface area contributed by atoms with Crippen LogP contribution in [-0.2, 0) is 6.18 Å². The summed E-state index contributed by atoms with van der Waals surface area (Å²) in [7, 11) is 0. The van der Waals surface area contributed by atoms with E-state index in [0.29, 0.717) is 22.5 Å². The number of nitrogens with zero attached hydrogens (tertiary/aromatic N) is 1. The van der Waals surface area contributed by atoms with Crippen molar-refractivity contribution in [2.45, 2.75) is 13.1 Å². The van der Waals surface area contributed by atoms with Crippen molar-refractivity contribution in [3.63, 3.8) is 0 Å². The number of carbonyl (C=O) groups is 1. The number of alkyl halides is 3. The number of carboxylic acid groups (broad SMARTS) is 1. The van der Waals surface area contributed by atoms with Gasteiger partial charge in [0.2, 0.25) is 0 Å². The number of aromatic nitrogens is 1. The fraction of sp³-hybridized carbons (Fsp3) is 0.111. The van der Waals surface area contributed by atoms with Gasteiger partial charge in [-0.1, -0.05) is 6.07 Å². The maximum atomic E-state index is 14.2. The van der Waals surface area contributed by atoms with Crippen molar-refractivity contribution < 1.29 is 27.5 Å². The SMILES string of the molecule is Cc1cc(-c2ccc(C(F)(F)F)cc2F)nc2cc(C(=O)O)ccc12. The van der Waals surface area contributed by atoms with E-state index in [4.69, 9.17) is 5.11 Å². The quantitative estimate of drug-likeness (QED) is 0.658. The number of carboxylic acids is 1. The number of pyridine rings is 1. The van der Waals surface area contributed by atoms with Crippen LogP contribution in [0.2, 0.25) is 0 Å². The Kier molecular flexibility index (Phi) is 3.94. The molecule has 3 aromatic rings. The van der Waals surface area contributed by atoms with Crippen LogP contribution in [0.15, 0.2) is 42.5 Å². The number of hydrogen-bond acceptors (Lipinski definition) is 2. The van der Waals surface area contributed by atoms with Crippen LogP contribution < -0.4 is 0 Å². The molecule has 0 saturated carbocycles. The van der Waals surface area contributed by atoms with Crippen molar-refractivity contribution in [2.24, 2.45) is 0 Å². The smallest absolute Gasteiger partial charge is 0.416 e. The van der Waals surface area contributed by atoms with E-state index in [2.05, 4.69) is 4.98 Å². The van der Waals surface area contributed by atoms with Gasteiger partial charge in [-0.3, -0.25) is 0 Å². The molecule has 1 heterocycles. The molecular formula is C18H11F4NO2. The van der Waals surface area contributed by atoms with Crippen molar-refractivity contribution >= 4 is 16.9 Å². The lowest BCUT2D eigenvalue weighted by molar-refractivity contribution is -0.137. The largest absolute Gasteiger partial charge is 0.478 e. The minimum Gasteiger partial charge on any atom is -0.478 e. The third-order valence-electron chi connectivity index (χ3n) is 3.84. The van der Waals surface area contributed by atoms with Crippen LogP contribution >= 0.6 is 0 Å². The predicted octanol–water partition coefficient (Wildman–Crippen LogP) is 5.07. The molecule has 0 bridgehead atoms. The molecule has 3 nitrogen and oxygen atoms in total. The first-order valence-electron chi connectivity index (χ1n) is 7.18. The first kappa shape index (κ1) is 16.9. The van der Waals surface area contributed by atoms with Crippen LogP contribution in [0, 0.1) is 12.7 Å². The highest BCUT2D eigenvalue weighted by atomic mass is 19.4. The minimum atomic E-state index is -4.64. The third kappa shape index (κ3) is 3.17. The normalized spacial score (nSPS) is 11.7. The zero-order valence-electron chi connectivity index (χ0n) is 12.9. The maximum absolute atomic E-state index is 14.2. The summed E-state index contributed by atoms with van der Waals surface area (Å²) in [5, 5.41) is 9.74. The zero-order valence-corrected chi connectivity index (χ0v) is 12.9. The van der Waals surface area contributed by atoms with Gasteiger partial charge in [-0.15, -0.1) is 0 Å². The monoisotopic (exact) mass is 349 g/mol. The fourth-order valence-electron chi connectivity index (χ4n) is 2.57. The van der Waals surface area contributed by atoms with E-state index in [1.807, 2.05) is 0 Å². The number of fused-ring (bicyclic) bond motifs is 1. The molecule has 0 aliphatic heterocycles. The Morgan fingerprint density at radius 2 is 1.80 bits per heavy atom. The van der Waals surface area contributed by atoms with E-state index < -0.39 is 23.5 Å². The lowest BCUT2D eigenvalue weighted by atomic mass is 10.0. The van der Waals surface area contributed by atoms with Gasteiger partial charge in [-0.05, 0) is 48.9 Å². The zero-order chi connectivity index (χ0) is 18.4. The van der Waals surface area contributed by atoms with E-state index in [0.717, 1.165) is 12.1 Å². The molecule has 0 aliphatic carbocycles. The summed E-state index contributed by atoms with van der Waals surface area (Å²) in [5.74, 6) is -2.18. The Hall–Kier alpha value is -2.96. The lowest BCUT2D eigenvalue weighted by Crippen LogP contribution is -2.05. The van der Waals surface area contributed by atoms with Crippen LogP contribution in [0.5, 0.6) is 0 Å². The van der Waals surface area contributed by atoms with Crippen LogP contribution in [0.4, 0.5) is 17.6 Å². The molecule has 1 N–H and O–H groups in total. The van der Waals surface area contributed by atoms with Crippen molar-refractivity contribution in [1.82, 2.24) is 4.98 Å². The molecule has 0 unspecified atom stereocenters. The number of halogens is 4. The highest BCUT2D eigenvalue weighted by Crippen LogP contribution is 2.33. The van der Waals surface area contributed by atoms with E-state index in [9.17, 15) is 22.4 Å². The molecular weight excluding hydrogens is 338 g/mol. The summed E-state index contributed by atoms with van der Waals surface area (Å²) in [4.78, 5) is 15.3. The molecule has 0 aliphatic rings. The van der Waals surface area contributed by atoms with Gasteiger partial charge in [0, 0.05) is 10.9 Å². The molecule has 0 spiro atoms. The molecule has 3 rings (SSSR count). The standard InChI is InChI=1S/C18H11F4NO2/c1-9-6-15(13-5-3-11(8-14(13)19)18(20,21)22)23-16-7-10(17(24)25)2-4-12(9)16/h2-8H,1H3,(H,24,25). The van der Waals surface area contributed by atoms with Gasteiger partial charge in [0.15, 0.2) is 0 Å². The average Bonchev–Trinajstić information content (AvgIpc) is 2.53. The van der Waals surface area contributed by atoms with Crippen molar-refractivity contribution in [3.05, 3.63) is 65.0 Å². The Morgan fingerprint density at radius 3 is 2.40 bits per heavy atom. The molecule has 0 fully saturated rings. The van der Waals surface area contributed by atoms with E-state index in [1.165, 1.54) is 12.1 Å². The predicted molar refractivity (Wildman–Crippen MR) is 83.8 cm³/mol. The Balaban J connectivity index is 2.17. The third-order valence-corrected chi connectivity index (χ3v) is 3.84. The number of hydrogen-bond donors (Lipinski definition) is 1. The van der Waals surface area contributed by atoms with Crippen LogP contribution in [0.25, 0.3) is 22.2 Å². The van der Waals surface area contributed by atoms with Crippen molar-refractivity contribution in [3.8, 4) is 11.3 Å². The Morgan fingerprint density at radius 1 is 1.08 bits per heavy atom. The van der Waals surface area contributed by atoms with E-state index in [-0.39, 0.29) is 16.8 Å². The van der Waals surface area contributed by atoms with Crippen molar-refractivity contribution in [2.75, 3.05) is 0 Å². The molecule has 25 heavy (non-hydrogen) atoms. The van der Waals surface area contributed by atoms with Gasteiger partial charge in [0.25, 0.3) is 0 Å². The van der Waals surface area contributed by atoms with E-state index >= 15 is 0 Å². The number of rotatable bonds is 2. The summed E-state index contributed by atoms with van der Waals surface area (Å²) in [5.41, 5.74) is 0.0202. The molecule has 0 radical (unpaired) electrons. The molecule has 128 valence electrons. The highest BCUT2D eigenvalue weighted by Gasteiger charge is 2.31. The summed E-state index contributed by atoms with van der Waals surface area (Å²) in [6.45, 7) is 1.73. The topological polar surface area (TPSA) is 50.2 Å². The number of benzene rings is 2. The van der Waals surface area contributed by atoms with Gasteiger partial charge in [-0.25, -0.2) is 14.2 Å². The summed E-state index contributed by atoms with van der Waals surface area (Å²) >= 11 is 0. The molecule has 0 atom stereocenters. The second-order valence-electron chi connectivity index (χ2n) is 5.55. The lowest BCUT2D eigenvalue weighted by Gasteiger charge is -2.11. The van der Waals surface area contributed by atoms with Gasteiger partial charge < -0.3 is 5.11 Å². The molecule has 2 aromatic carbocycles. The summed E-state index contributed by atoms with van der Waals surface area (Å²) in [6.07, 6.45) is -4.64. The van der Waals surface area contributed by atoms with Gasteiger partial charge in [-0.2, -0.15) is 13.2 Å². The summed E-state index contributed by atoms with van der Waals surface area (Å²) in [6, 6.07) is 8.14.